The van der Waals surface area contributed by atoms with Gasteiger partial charge in [-0.25, -0.2) is 4.98 Å². The van der Waals surface area contributed by atoms with Gasteiger partial charge in [-0.1, -0.05) is 6.07 Å². The van der Waals surface area contributed by atoms with Gasteiger partial charge in [0.15, 0.2) is 0 Å². The zero-order chi connectivity index (χ0) is 15.4. The van der Waals surface area contributed by atoms with Crippen LogP contribution in [0.25, 0.3) is 0 Å². The lowest BCUT2D eigenvalue weighted by Gasteiger charge is -2.09. The van der Waals surface area contributed by atoms with Gasteiger partial charge in [0.25, 0.3) is 11.2 Å². The molecule has 0 saturated heterocycles. The zero-order valence-corrected chi connectivity index (χ0v) is 13.4. The van der Waals surface area contributed by atoms with Gasteiger partial charge >= 0.3 is 0 Å². The predicted octanol–water partition coefficient (Wildman–Crippen LogP) is 2.24. The van der Waals surface area contributed by atoms with Crippen LogP contribution in [0.3, 0.4) is 0 Å². The van der Waals surface area contributed by atoms with E-state index in [1.165, 1.54) is 23.2 Å². The van der Waals surface area contributed by atoms with Gasteiger partial charge in [-0.05, 0) is 41.1 Å². The van der Waals surface area contributed by atoms with E-state index in [0.29, 0.717) is 22.3 Å². The second-order valence-corrected chi connectivity index (χ2v) is 5.48. The molecule has 0 fully saturated rings. The van der Waals surface area contributed by atoms with Crippen LogP contribution in [0.1, 0.15) is 12.5 Å². The summed E-state index contributed by atoms with van der Waals surface area (Å²) in [6.07, 6.45) is 2.96. The van der Waals surface area contributed by atoms with E-state index in [1.807, 2.05) is 29.5 Å². The fourth-order valence-electron chi connectivity index (χ4n) is 1.91. The first kappa shape index (κ1) is 15.4. The first-order chi connectivity index (χ1) is 10.0. The van der Waals surface area contributed by atoms with Crippen molar-refractivity contribution >= 4 is 34.0 Å². The molecular formula is C13H13IN4O3. The molecule has 0 radical (unpaired) electrons. The smallest absolute Gasteiger partial charge is 0.292 e. The van der Waals surface area contributed by atoms with Crippen molar-refractivity contribution in [3.8, 4) is 0 Å². The predicted molar refractivity (Wildman–Crippen MR) is 87.6 cm³/mol. The Kier molecular flexibility index (Phi) is 4.89. The molecule has 7 nitrogen and oxygen atoms in total. The largest absolute Gasteiger partial charge is 0.380 e. The molecule has 0 amide bonds. The number of halogens is 1. The number of rotatable bonds is 5. The molecule has 1 aromatic carbocycles. The molecule has 0 spiro atoms. The van der Waals surface area contributed by atoms with Crippen molar-refractivity contribution in [3.05, 3.63) is 60.3 Å². The maximum atomic E-state index is 12.0. The molecular weight excluding hydrogens is 387 g/mol. The maximum Gasteiger partial charge on any atom is 0.292 e. The Labute approximate surface area is 134 Å². The highest BCUT2D eigenvalue weighted by atomic mass is 127. The summed E-state index contributed by atoms with van der Waals surface area (Å²) in [4.78, 5) is 26.5. The number of nitro benzene ring substituents is 1. The third kappa shape index (κ3) is 3.57. The number of nitrogens with zero attached hydrogens (tertiary/aromatic N) is 3. The topological polar surface area (TPSA) is 90.1 Å². The summed E-state index contributed by atoms with van der Waals surface area (Å²) in [5.74, 6) is 0. The molecule has 21 heavy (non-hydrogen) atoms. The molecule has 1 N–H and O–H groups in total. The molecule has 0 saturated carbocycles. The van der Waals surface area contributed by atoms with Crippen molar-refractivity contribution < 1.29 is 4.92 Å². The van der Waals surface area contributed by atoms with Gasteiger partial charge in [0, 0.05) is 18.8 Å². The Bertz CT molecular complexity index is 730. The average molecular weight is 400 g/mol. The van der Waals surface area contributed by atoms with E-state index in [0.717, 1.165) is 5.56 Å². The number of anilines is 1. The summed E-state index contributed by atoms with van der Waals surface area (Å²) in [5.41, 5.74) is 1.14. The van der Waals surface area contributed by atoms with Gasteiger partial charge in [-0.15, -0.1) is 0 Å². The van der Waals surface area contributed by atoms with Crippen LogP contribution in [-0.4, -0.2) is 21.0 Å². The lowest BCUT2D eigenvalue weighted by atomic mass is 10.1. The van der Waals surface area contributed by atoms with E-state index in [-0.39, 0.29) is 11.2 Å². The fourth-order valence-corrected chi connectivity index (χ4v) is 2.38. The highest BCUT2D eigenvalue weighted by molar-refractivity contribution is 14.1. The Hall–Kier alpha value is -1.97. The number of hydrogen-bond donors (Lipinski definition) is 1. The van der Waals surface area contributed by atoms with Crippen LogP contribution in [-0.2, 0) is 6.54 Å². The Morgan fingerprint density at radius 1 is 1.48 bits per heavy atom. The van der Waals surface area contributed by atoms with E-state index in [4.69, 9.17) is 0 Å². The number of benzene rings is 1. The minimum atomic E-state index is -0.430. The van der Waals surface area contributed by atoms with Gasteiger partial charge < -0.3 is 5.32 Å². The lowest BCUT2D eigenvalue weighted by Crippen LogP contribution is -2.23. The van der Waals surface area contributed by atoms with E-state index < -0.39 is 4.92 Å². The van der Waals surface area contributed by atoms with Crippen LogP contribution in [0.4, 0.5) is 11.4 Å². The summed E-state index contributed by atoms with van der Waals surface area (Å²) >= 11 is 1.93. The van der Waals surface area contributed by atoms with Crippen LogP contribution in [0.5, 0.6) is 0 Å². The van der Waals surface area contributed by atoms with Gasteiger partial charge in [0.1, 0.15) is 5.69 Å². The van der Waals surface area contributed by atoms with Crippen LogP contribution >= 0.6 is 22.6 Å². The zero-order valence-electron chi connectivity index (χ0n) is 11.2. The van der Waals surface area contributed by atoms with Crippen molar-refractivity contribution in [1.29, 1.82) is 0 Å². The summed E-state index contributed by atoms with van der Waals surface area (Å²) in [7, 11) is 0. The minimum absolute atomic E-state index is 0.0220. The van der Waals surface area contributed by atoms with Crippen LogP contribution in [0.2, 0.25) is 0 Å². The van der Waals surface area contributed by atoms with Gasteiger partial charge in [-0.2, -0.15) is 0 Å². The molecule has 8 heteroatoms. The number of nitrogens with one attached hydrogen (secondary N) is 1. The van der Waals surface area contributed by atoms with Gasteiger partial charge in [0.05, 0.1) is 21.4 Å². The first-order valence-electron chi connectivity index (χ1n) is 6.24. The Balaban J connectivity index is 2.37. The SMILES string of the molecule is CCNc1cc(Cn2cncc(I)c2=O)ccc1[N+](=O)[O-]. The maximum absolute atomic E-state index is 12.0. The second-order valence-electron chi connectivity index (χ2n) is 4.31. The summed E-state index contributed by atoms with van der Waals surface area (Å²) < 4.78 is 2.00. The van der Waals surface area contributed by atoms with Crippen LogP contribution < -0.4 is 10.9 Å². The van der Waals surface area contributed by atoms with Gasteiger partial charge in [0.2, 0.25) is 0 Å². The molecule has 0 unspecified atom stereocenters. The lowest BCUT2D eigenvalue weighted by molar-refractivity contribution is -0.384. The van der Waals surface area contributed by atoms with Crippen molar-refractivity contribution in [3.63, 3.8) is 0 Å². The highest BCUT2D eigenvalue weighted by Crippen LogP contribution is 2.25. The molecule has 0 aliphatic heterocycles. The molecule has 0 bridgehead atoms. The minimum Gasteiger partial charge on any atom is -0.380 e. The van der Waals surface area contributed by atoms with Crippen molar-refractivity contribution in [2.24, 2.45) is 0 Å². The van der Waals surface area contributed by atoms with E-state index in [2.05, 4.69) is 10.3 Å². The Morgan fingerprint density at radius 2 is 2.24 bits per heavy atom. The average Bonchev–Trinajstić information content (AvgIpc) is 2.44. The van der Waals surface area contributed by atoms with Crippen LogP contribution in [0, 0.1) is 13.7 Å². The molecule has 0 aliphatic carbocycles. The molecule has 1 heterocycles. The Morgan fingerprint density at radius 3 is 2.90 bits per heavy atom. The third-order valence-corrected chi connectivity index (χ3v) is 3.58. The summed E-state index contributed by atoms with van der Waals surface area (Å²) in [6, 6.07) is 4.78. The molecule has 1 aromatic heterocycles. The van der Waals surface area contributed by atoms with Crippen molar-refractivity contribution in [2.75, 3.05) is 11.9 Å². The standard InChI is InChI=1S/C13H13IN4O3/c1-2-16-11-5-9(3-4-12(11)18(20)21)7-17-8-15-6-10(14)13(17)19/h3-6,8,16H,2,7H2,1H3. The molecule has 2 aromatic rings. The molecule has 0 atom stereocenters. The fraction of sp³-hybridized carbons (Fsp3) is 0.231. The van der Waals surface area contributed by atoms with E-state index in [9.17, 15) is 14.9 Å². The first-order valence-corrected chi connectivity index (χ1v) is 7.32. The quantitative estimate of drug-likeness (QED) is 0.473. The highest BCUT2D eigenvalue weighted by Gasteiger charge is 2.14. The van der Waals surface area contributed by atoms with Crippen molar-refractivity contribution in [2.45, 2.75) is 13.5 Å². The third-order valence-electron chi connectivity index (χ3n) is 2.84. The van der Waals surface area contributed by atoms with Gasteiger partial charge in [-0.3, -0.25) is 19.5 Å². The number of hydrogen-bond acceptors (Lipinski definition) is 5. The van der Waals surface area contributed by atoms with Crippen LogP contribution in [0.15, 0.2) is 35.5 Å². The molecule has 2 rings (SSSR count). The molecule has 0 aliphatic rings. The monoisotopic (exact) mass is 400 g/mol. The van der Waals surface area contributed by atoms with Crippen molar-refractivity contribution in [1.82, 2.24) is 9.55 Å². The number of nitro groups is 1. The summed E-state index contributed by atoms with van der Waals surface area (Å²) in [5, 5.41) is 13.9. The van der Waals surface area contributed by atoms with E-state index in [1.54, 1.807) is 12.1 Å². The second kappa shape index (κ2) is 6.66. The summed E-state index contributed by atoms with van der Waals surface area (Å²) in [6.45, 7) is 2.76. The van der Waals surface area contributed by atoms with E-state index >= 15 is 0 Å². The molecule has 110 valence electrons. The number of aromatic nitrogens is 2. The normalized spacial score (nSPS) is 10.4.